The van der Waals surface area contributed by atoms with Gasteiger partial charge in [0, 0.05) is 20.1 Å². The van der Waals surface area contributed by atoms with Gasteiger partial charge < -0.3 is 9.64 Å². The molecule has 0 saturated heterocycles. The predicted octanol–water partition coefficient (Wildman–Crippen LogP) is 2.99. The van der Waals surface area contributed by atoms with Gasteiger partial charge >= 0.3 is 5.97 Å². The number of nitrogens with zero attached hydrogens (tertiary/aromatic N) is 4. The minimum atomic E-state index is -0.437. The second-order valence-corrected chi connectivity index (χ2v) is 7.07. The van der Waals surface area contributed by atoms with Crippen LogP contribution in [0.25, 0.3) is 0 Å². The highest BCUT2D eigenvalue weighted by Crippen LogP contribution is 2.38. The average molecular weight is 340 g/mol. The molecule has 2 aromatic heterocycles. The molecule has 2 heterocycles. The van der Waals surface area contributed by atoms with Gasteiger partial charge in [-0.05, 0) is 36.2 Å². The molecule has 0 bridgehead atoms. The second kappa shape index (κ2) is 7.15. The minimum absolute atomic E-state index is 0.190. The van der Waals surface area contributed by atoms with E-state index in [0.717, 1.165) is 11.5 Å². The number of hydrogen-bond acceptors (Lipinski definition) is 7. The molecule has 1 atom stereocenters. The van der Waals surface area contributed by atoms with Gasteiger partial charge in [0.15, 0.2) is 5.16 Å². The van der Waals surface area contributed by atoms with Crippen molar-refractivity contribution in [2.45, 2.75) is 30.3 Å². The molecule has 0 N–H and O–H groups in total. The molecule has 8 heteroatoms. The summed E-state index contributed by atoms with van der Waals surface area (Å²) in [7, 11) is 5.25. The van der Waals surface area contributed by atoms with Crippen molar-refractivity contribution >= 4 is 35.0 Å². The van der Waals surface area contributed by atoms with Crippen LogP contribution in [0.3, 0.4) is 0 Å². The smallest absolute Gasteiger partial charge is 0.323 e. The Morgan fingerprint density at radius 1 is 1.41 bits per heavy atom. The van der Waals surface area contributed by atoms with Crippen LogP contribution < -0.4 is 4.90 Å². The molecule has 0 aliphatic heterocycles. The summed E-state index contributed by atoms with van der Waals surface area (Å²) in [4.78, 5) is 14.0. The molecule has 0 aliphatic rings. The van der Waals surface area contributed by atoms with Crippen molar-refractivity contribution in [3.63, 3.8) is 0 Å². The number of carbonyl (C=O) groups is 1. The summed E-state index contributed by atoms with van der Waals surface area (Å²) in [6.07, 6.45) is 0. The molecular formula is C14H20N4O2S2. The third kappa shape index (κ3) is 3.44. The molecule has 6 nitrogen and oxygen atoms in total. The number of rotatable bonds is 6. The molecule has 0 fully saturated rings. The van der Waals surface area contributed by atoms with Gasteiger partial charge in [0.2, 0.25) is 5.95 Å². The Balaban J connectivity index is 2.37. The Labute approximate surface area is 138 Å². The SMILES string of the molecule is COC(=O)C(Sc1nnc(N(C)C)n1C(C)C)c1ccsc1. The van der Waals surface area contributed by atoms with Crippen molar-refractivity contribution in [2.24, 2.45) is 0 Å². The second-order valence-electron chi connectivity index (χ2n) is 5.22. The van der Waals surface area contributed by atoms with Gasteiger partial charge in [-0.2, -0.15) is 11.3 Å². The van der Waals surface area contributed by atoms with Gasteiger partial charge in [-0.25, -0.2) is 0 Å². The lowest BCUT2D eigenvalue weighted by molar-refractivity contribution is -0.140. The Morgan fingerprint density at radius 2 is 2.14 bits per heavy atom. The third-order valence-electron chi connectivity index (χ3n) is 3.05. The van der Waals surface area contributed by atoms with Crippen LogP contribution >= 0.6 is 23.1 Å². The van der Waals surface area contributed by atoms with Crippen LogP contribution in [0.2, 0.25) is 0 Å². The number of ether oxygens (including phenoxy) is 1. The van der Waals surface area contributed by atoms with E-state index in [1.165, 1.54) is 18.9 Å². The lowest BCUT2D eigenvalue weighted by Gasteiger charge is -2.19. The van der Waals surface area contributed by atoms with Crippen LogP contribution in [0.5, 0.6) is 0 Å². The first kappa shape index (κ1) is 16.8. The Bertz CT molecular complexity index is 623. The molecular weight excluding hydrogens is 320 g/mol. The van der Waals surface area contributed by atoms with E-state index in [-0.39, 0.29) is 12.0 Å². The Hall–Kier alpha value is -1.54. The fourth-order valence-electron chi connectivity index (χ4n) is 2.00. The number of aromatic nitrogens is 3. The highest BCUT2D eigenvalue weighted by atomic mass is 32.2. The maximum Gasteiger partial charge on any atom is 0.323 e. The highest BCUT2D eigenvalue weighted by Gasteiger charge is 2.27. The quantitative estimate of drug-likeness (QED) is 0.595. The fourth-order valence-corrected chi connectivity index (χ4v) is 3.95. The summed E-state index contributed by atoms with van der Waals surface area (Å²) in [6.45, 7) is 4.14. The van der Waals surface area contributed by atoms with Crippen molar-refractivity contribution in [3.8, 4) is 0 Å². The highest BCUT2D eigenvalue weighted by molar-refractivity contribution is 8.00. The molecule has 2 rings (SSSR count). The van der Waals surface area contributed by atoms with Crippen LogP contribution in [0.15, 0.2) is 22.0 Å². The van der Waals surface area contributed by atoms with Gasteiger partial charge in [0.1, 0.15) is 5.25 Å². The van der Waals surface area contributed by atoms with Gasteiger partial charge in [-0.15, -0.1) is 10.2 Å². The number of thiophene rings is 1. The topological polar surface area (TPSA) is 60.2 Å². The molecule has 2 aromatic rings. The first-order valence-electron chi connectivity index (χ1n) is 6.84. The van der Waals surface area contributed by atoms with E-state index in [9.17, 15) is 4.79 Å². The van der Waals surface area contributed by atoms with Crippen molar-refractivity contribution < 1.29 is 9.53 Å². The van der Waals surface area contributed by atoms with E-state index in [1.54, 1.807) is 11.3 Å². The van der Waals surface area contributed by atoms with Crippen molar-refractivity contribution in [1.29, 1.82) is 0 Å². The summed E-state index contributed by atoms with van der Waals surface area (Å²) < 4.78 is 6.96. The van der Waals surface area contributed by atoms with Crippen LogP contribution in [-0.4, -0.2) is 41.9 Å². The first-order valence-corrected chi connectivity index (χ1v) is 8.66. The van der Waals surface area contributed by atoms with E-state index in [2.05, 4.69) is 24.0 Å². The van der Waals surface area contributed by atoms with E-state index >= 15 is 0 Å². The molecule has 120 valence electrons. The molecule has 0 amide bonds. The van der Waals surface area contributed by atoms with Crippen molar-refractivity contribution in [1.82, 2.24) is 14.8 Å². The molecule has 0 spiro atoms. The van der Waals surface area contributed by atoms with Gasteiger partial charge in [0.25, 0.3) is 0 Å². The van der Waals surface area contributed by atoms with Crippen molar-refractivity contribution in [2.75, 3.05) is 26.1 Å². The zero-order chi connectivity index (χ0) is 16.3. The summed E-state index contributed by atoms with van der Waals surface area (Å²) in [5, 5.41) is 12.7. The number of methoxy groups -OCH3 is 1. The van der Waals surface area contributed by atoms with Gasteiger partial charge in [0.05, 0.1) is 7.11 Å². The number of hydrogen-bond donors (Lipinski definition) is 0. The summed E-state index contributed by atoms with van der Waals surface area (Å²) in [6, 6.07) is 2.12. The van der Waals surface area contributed by atoms with Crippen LogP contribution in [0, 0.1) is 0 Å². The van der Waals surface area contributed by atoms with Crippen molar-refractivity contribution in [3.05, 3.63) is 22.4 Å². The zero-order valence-corrected chi connectivity index (χ0v) is 14.9. The predicted molar refractivity (Wildman–Crippen MR) is 89.7 cm³/mol. The van der Waals surface area contributed by atoms with Crippen LogP contribution in [0.1, 0.15) is 30.7 Å². The van der Waals surface area contributed by atoms with Gasteiger partial charge in [-0.1, -0.05) is 11.8 Å². The Morgan fingerprint density at radius 3 is 2.64 bits per heavy atom. The summed E-state index contributed by atoms with van der Waals surface area (Å²) >= 11 is 2.92. The zero-order valence-electron chi connectivity index (χ0n) is 13.3. The molecule has 0 aromatic carbocycles. The largest absolute Gasteiger partial charge is 0.468 e. The lowest BCUT2D eigenvalue weighted by atomic mass is 10.2. The molecule has 1 unspecified atom stereocenters. The van der Waals surface area contributed by atoms with Crippen LogP contribution in [0.4, 0.5) is 5.95 Å². The maximum absolute atomic E-state index is 12.1. The molecule has 22 heavy (non-hydrogen) atoms. The fraction of sp³-hybridized carbons (Fsp3) is 0.500. The van der Waals surface area contributed by atoms with E-state index in [4.69, 9.17) is 4.74 Å². The number of anilines is 1. The van der Waals surface area contributed by atoms with E-state index < -0.39 is 5.25 Å². The first-order chi connectivity index (χ1) is 10.5. The molecule has 0 radical (unpaired) electrons. The molecule has 0 saturated carbocycles. The number of carbonyl (C=O) groups excluding carboxylic acids is 1. The third-order valence-corrected chi connectivity index (χ3v) is 4.94. The van der Waals surface area contributed by atoms with Gasteiger partial charge in [-0.3, -0.25) is 9.36 Å². The molecule has 0 aliphatic carbocycles. The van der Waals surface area contributed by atoms with E-state index in [0.29, 0.717) is 5.16 Å². The maximum atomic E-state index is 12.1. The monoisotopic (exact) mass is 340 g/mol. The average Bonchev–Trinajstić information content (AvgIpc) is 3.12. The minimum Gasteiger partial charge on any atom is -0.468 e. The normalized spacial score (nSPS) is 12.5. The summed E-state index contributed by atoms with van der Waals surface area (Å²) in [5.74, 6) is 0.486. The standard InChI is InChI=1S/C14H20N4O2S2/c1-9(2)18-13(17(3)4)15-16-14(18)22-11(12(19)20-5)10-6-7-21-8-10/h6-9,11H,1-5H3. The van der Waals surface area contributed by atoms with Crippen LogP contribution in [-0.2, 0) is 9.53 Å². The number of thioether (sulfide) groups is 1. The van der Waals surface area contributed by atoms with E-state index in [1.807, 2.05) is 40.4 Å². The Kier molecular flexibility index (Phi) is 5.47. The lowest BCUT2D eigenvalue weighted by Crippen LogP contribution is -2.18. The number of esters is 1. The summed E-state index contributed by atoms with van der Waals surface area (Å²) in [5.41, 5.74) is 0.923.